The monoisotopic (exact) mass is 336 g/mol. The fourth-order valence-corrected chi connectivity index (χ4v) is 3.81. The molecule has 0 saturated carbocycles. The van der Waals surface area contributed by atoms with Gasteiger partial charge >= 0.3 is 0 Å². The van der Waals surface area contributed by atoms with Crippen LogP contribution in [0, 0.1) is 12.3 Å². The number of benzene rings is 1. The average Bonchev–Trinajstić information content (AvgIpc) is 3.19. The summed E-state index contributed by atoms with van der Waals surface area (Å²) in [5.41, 5.74) is 2.32. The summed E-state index contributed by atoms with van der Waals surface area (Å²) in [6, 6.07) is 8.02. The molecule has 1 aromatic carbocycles. The maximum Gasteiger partial charge on any atom is 0.274 e. The summed E-state index contributed by atoms with van der Waals surface area (Å²) in [5, 5.41) is 0. The number of hydrogen-bond donors (Lipinski definition) is 0. The van der Waals surface area contributed by atoms with Gasteiger partial charge in [0.25, 0.3) is 5.91 Å². The Balaban J connectivity index is 1.50. The van der Waals surface area contributed by atoms with E-state index in [1.165, 1.54) is 18.0 Å². The molecule has 0 aliphatic carbocycles. The van der Waals surface area contributed by atoms with Gasteiger partial charge in [0.05, 0.1) is 6.20 Å². The molecule has 2 saturated heterocycles. The summed E-state index contributed by atoms with van der Waals surface area (Å²) in [7, 11) is 0. The van der Waals surface area contributed by atoms with Gasteiger partial charge in [0.1, 0.15) is 5.69 Å². The lowest BCUT2D eigenvalue weighted by Crippen LogP contribution is -2.34. The van der Waals surface area contributed by atoms with Gasteiger partial charge in [0.15, 0.2) is 0 Å². The quantitative estimate of drug-likeness (QED) is 0.842. The first-order chi connectivity index (χ1) is 12.1. The van der Waals surface area contributed by atoms with Crippen molar-refractivity contribution in [3.8, 4) is 0 Å². The Hall–Kier alpha value is -2.76. The van der Waals surface area contributed by atoms with E-state index in [1.54, 1.807) is 11.1 Å². The first kappa shape index (κ1) is 15.7. The highest BCUT2D eigenvalue weighted by atomic mass is 16.2. The molecule has 2 fully saturated rings. The highest BCUT2D eigenvalue weighted by Gasteiger charge is 2.49. The molecule has 1 aromatic heterocycles. The third kappa shape index (κ3) is 2.88. The molecular formula is C19H20N4O2. The topological polar surface area (TPSA) is 66.4 Å². The van der Waals surface area contributed by atoms with E-state index in [2.05, 4.69) is 9.97 Å². The molecule has 0 bridgehead atoms. The average molecular weight is 336 g/mol. The minimum absolute atomic E-state index is 0.105. The maximum atomic E-state index is 12.6. The molecular weight excluding hydrogens is 316 g/mol. The van der Waals surface area contributed by atoms with Crippen LogP contribution in [0.4, 0.5) is 5.69 Å². The van der Waals surface area contributed by atoms with Gasteiger partial charge in [0.2, 0.25) is 5.91 Å². The van der Waals surface area contributed by atoms with Gasteiger partial charge in [-0.25, -0.2) is 4.98 Å². The predicted octanol–water partition coefficient (Wildman–Crippen LogP) is 2.05. The molecule has 2 amide bonds. The lowest BCUT2D eigenvalue weighted by Gasteiger charge is -2.24. The molecule has 6 nitrogen and oxygen atoms in total. The Labute approximate surface area is 146 Å². The van der Waals surface area contributed by atoms with Gasteiger partial charge in [0, 0.05) is 49.6 Å². The molecule has 3 heterocycles. The molecule has 1 atom stereocenters. The Morgan fingerprint density at radius 1 is 1.16 bits per heavy atom. The van der Waals surface area contributed by atoms with Crippen LogP contribution < -0.4 is 4.90 Å². The van der Waals surface area contributed by atoms with Crippen LogP contribution in [0.2, 0.25) is 0 Å². The number of carbonyl (C=O) groups is 2. The molecule has 6 heteroatoms. The van der Waals surface area contributed by atoms with Crippen LogP contribution in [-0.2, 0) is 4.79 Å². The van der Waals surface area contributed by atoms with Crippen molar-refractivity contribution in [3.63, 3.8) is 0 Å². The van der Waals surface area contributed by atoms with Crippen molar-refractivity contribution in [2.45, 2.75) is 19.8 Å². The lowest BCUT2D eigenvalue weighted by atomic mass is 9.86. The SMILES string of the molecule is Cc1ccc(N2C[C@@]3(CCN(C(=O)c4cnccn4)C3)CC2=O)cc1. The van der Waals surface area contributed by atoms with E-state index in [4.69, 9.17) is 0 Å². The Bertz CT molecular complexity index is 806. The van der Waals surface area contributed by atoms with E-state index in [1.807, 2.05) is 36.1 Å². The van der Waals surface area contributed by atoms with Crippen LogP contribution in [0.5, 0.6) is 0 Å². The van der Waals surface area contributed by atoms with Gasteiger partial charge in [-0.15, -0.1) is 0 Å². The van der Waals surface area contributed by atoms with Crippen molar-refractivity contribution in [2.75, 3.05) is 24.5 Å². The zero-order chi connectivity index (χ0) is 17.4. The highest BCUT2D eigenvalue weighted by Crippen LogP contribution is 2.42. The van der Waals surface area contributed by atoms with E-state index in [9.17, 15) is 9.59 Å². The van der Waals surface area contributed by atoms with Crippen LogP contribution in [0.15, 0.2) is 42.9 Å². The first-order valence-electron chi connectivity index (χ1n) is 8.49. The van der Waals surface area contributed by atoms with Gasteiger partial charge in [-0.1, -0.05) is 17.7 Å². The molecule has 0 radical (unpaired) electrons. The van der Waals surface area contributed by atoms with Crippen molar-refractivity contribution in [1.29, 1.82) is 0 Å². The number of anilines is 1. The second-order valence-electron chi connectivity index (χ2n) is 7.06. The van der Waals surface area contributed by atoms with Crippen molar-refractivity contribution >= 4 is 17.5 Å². The minimum atomic E-state index is -0.153. The number of hydrogen-bond acceptors (Lipinski definition) is 4. The minimum Gasteiger partial charge on any atom is -0.337 e. The van der Waals surface area contributed by atoms with E-state index in [0.717, 1.165) is 12.1 Å². The molecule has 1 spiro atoms. The molecule has 4 rings (SSSR count). The van der Waals surface area contributed by atoms with Crippen molar-refractivity contribution in [1.82, 2.24) is 14.9 Å². The van der Waals surface area contributed by atoms with Crippen LogP contribution in [0.25, 0.3) is 0 Å². The van der Waals surface area contributed by atoms with E-state index >= 15 is 0 Å². The molecule has 0 unspecified atom stereocenters. The largest absolute Gasteiger partial charge is 0.337 e. The van der Waals surface area contributed by atoms with Gasteiger partial charge < -0.3 is 9.80 Å². The zero-order valence-corrected chi connectivity index (χ0v) is 14.2. The molecule has 2 aliphatic heterocycles. The predicted molar refractivity (Wildman–Crippen MR) is 93.1 cm³/mol. The number of aromatic nitrogens is 2. The second kappa shape index (κ2) is 5.95. The number of amides is 2. The standard InChI is InChI=1S/C19H20N4O2/c1-14-2-4-15(5-3-14)23-13-19(10-17(23)24)6-9-22(12-19)18(25)16-11-20-7-8-21-16/h2-5,7-8,11H,6,9-10,12-13H2,1H3/t19-/m0/s1. The Kier molecular flexibility index (Phi) is 3.75. The molecule has 128 valence electrons. The summed E-state index contributed by atoms with van der Waals surface area (Å²) >= 11 is 0. The van der Waals surface area contributed by atoms with Crippen LogP contribution >= 0.6 is 0 Å². The summed E-state index contributed by atoms with van der Waals surface area (Å²) < 4.78 is 0. The molecule has 2 aromatic rings. The third-order valence-electron chi connectivity index (χ3n) is 5.17. The second-order valence-corrected chi connectivity index (χ2v) is 7.06. The van der Waals surface area contributed by atoms with E-state index in [0.29, 0.717) is 31.7 Å². The normalized spacial score (nSPS) is 22.8. The van der Waals surface area contributed by atoms with Crippen molar-refractivity contribution in [2.24, 2.45) is 5.41 Å². The number of carbonyl (C=O) groups excluding carboxylic acids is 2. The van der Waals surface area contributed by atoms with E-state index < -0.39 is 0 Å². The third-order valence-corrected chi connectivity index (χ3v) is 5.17. The Morgan fingerprint density at radius 2 is 1.96 bits per heavy atom. The van der Waals surface area contributed by atoms with Crippen molar-refractivity contribution in [3.05, 3.63) is 54.1 Å². The number of nitrogens with zero attached hydrogens (tertiary/aromatic N) is 4. The Morgan fingerprint density at radius 3 is 2.68 bits per heavy atom. The molecule has 0 N–H and O–H groups in total. The van der Waals surface area contributed by atoms with Crippen LogP contribution in [-0.4, -0.2) is 46.3 Å². The number of likely N-dealkylation sites (tertiary alicyclic amines) is 1. The molecule has 25 heavy (non-hydrogen) atoms. The fraction of sp³-hybridized carbons (Fsp3) is 0.368. The van der Waals surface area contributed by atoms with Gasteiger partial charge in [-0.3, -0.25) is 14.6 Å². The smallest absolute Gasteiger partial charge is 0.274 e. The number of rotatable bonds is 2. The fourth-order valence-electron chi connectivity index (χ4n) is 3.81. The lowest BCUT2D eigenvalue weighted by molar-refractivity contribution is -0.117. The van der Waals surface area contributed by atoms with Crippen molar-refractivity contribution < 1.29 is 9.59 Å². The van der Waals surface area contributed by atoms with E-state index in [-0.39, 0.29) is 17.2 Å². The summed E-state index contributed by atoms with van der Waals surface area (Å²) in [4.78, 5) is 36.9. The molecule has 2 aliphatic rings. The summed E-state index contributed by atoms with van der Waals surface area (Å²) in [5.74, 6) is 0.0314. The van der Waals surface area contributed by atoms with Crippen LogP contribution in [0.3, 0.4) is 0 Å². The zero-order valence-electron chi connectivity index (χ0n) is 14.2. The van der Waals surface area contributed by atoms with Crippen LogP contribution in [0.1, 0.15) is 28.9 Å². The number of aryl methyl sites for hydroxylation is 1. The summed E-state index contributed by atoms with van der Waals surface area (Å²) in [6.07, 6.45) is 5.90. The maximum absolute atomic E-state index is 12.6. The highest BCUT2D eigenvalue weighted by molar-refractivity contribution is 5.97. The van der Waals surface area contributed by atoms with Gasteiger partial charge in [-0.2, -0.15) is 0 Å². The van der Waals surface area contributed by atoms with Gasteiger partial charge in [-0.05, 0) is 25.5 Å². The first-order valence-corrected chi connectivity index (χ1v) is 8.49. The summed E-state index contributed by atoms with van der Waals surface area (Å²) in [6.45, 7) is 3.95.